The van der Waals surface area contributed by atoms with E-state index < -0.39 is 44.8 Å². The summed E-state index contributed by atoms with van der Waals surface area (Å²) in [4.78, 5) is 14.5. The molecule has 2 rings (SSSR count). The molecule has 0 atom stereocenters. The predicted octanol–water partition coefficient (Wildman–Crippen LogP) is 3.86. The quantitative estimate of drug-likeness (QED) is 0.612. The van der Waals surface area contributed by atoms with Crippen LogP contribution in [0.2, 0.25) is 5.02 Å². The van der Waals surface area contributed by atoms with E-state index in [-0.39, 0.29) is 10.7 Å². The van der Waals surface area contributed by atoms with E-state index in [2.05, 4.69) is 20.9 Å². The first-order valence-corrected chi connectivity index (χ1v) is 6.43. The molecule has 0 bridgehead atoms. The van der Waals surface area contributed by atoms with E-state index in [1.807, 2.05) is 0 Å². The van der Waals surface area contributed by atoms with E-state index in [1.54, 1.807) is 0 Å². The molecule has 4 nitrogen and oxygen atoms in total. The van der Waals surface area contributed by atoms with Gasteiger partial charge in [0, 0.05) is 0 Å². The molecule has 3 N–H and O–H groups in total. The van der Waals surface area contributed by atoms with Gasteiger partial charge in [-0.2, -0.15) is 0 Å². The average molecular weight is 382 g/mol. The minimum absolute atomic E-state index is 0.249. The molecule has 0 aliphatic carbocycles. The summed E-state index contributed by atoms with van der Waals surface area (Å²) in [6.07, 6.45) is 0. The molecule has 0 aliphatic rings. The molecule has 0 spiro atoms. The van der Waals surface area contributed by atoms with Crippen LogP contribution in [0.25, 0.3) is 11.3 Å². The number of pyridine rings is 1. The van der Waals surface area contributed by atoms with Crippen molar-refractivity contribution in [2.45, 2.75) is 0 Å². The third-order valence-corrected chi connectivity index (χ3v) is 3.53. The molecule has 0 saturated carbocycles. The first-order chi connectivity index (χ1) is 9.73. The normalized spacial score (nSPS) is 10.7. The number of hydrogen-bond donors (Lipinski definition) is 2. The molecular weight excluding hydrogens is 376 g/mol. The second kappa shape index (κ2) is 5.53. The number of rotatable bonds is 2. The fourth-order valence-electron chi connectivity index (χ4n) is 1.62. The van der Waals surface area contributed by atoms with E-state index in [0.717, 1.165) is 6.07 Å². The average Bonchev–Trinajstić information content (AvgIpc) is 2.39. The van der Waals surface area contributed by atoms with E-state index in [1.165, 1.54) is 0 Å². The van der Waals surface area contributed by atoms with Crippen molar-refractivity contribution in [3.05, 3.63) is 44.8 Å². The van der Waals surface area contributed by atoms with Gasteiger partial charge in [0.25, 0.3) is 0 Å². The van der Waals surface area contributed by atoms with Crippen LogP contribution in [0.5, 0.6) is 0 Å². The fourth-order valence-corrected chi connectivity index (χ4v) is 2.17. The number of nitrogens with two attached hydrogens (primary N) is 1. The lowest BCUT2D eigenvalue weighted by atomic mass is 10.1. The van der Waals surface area contributed by atoms with Crippen LogP contribution in [0.3, 0.4) is 0 Å². The van der Waals surface area contributed by atoms with Crippen LogP contribution in [-0.2, 0) is 0 Å². The highest BCUT2D eigenvalue weighted by Gasteiger charge is 2.23. The maximum Gasteiger partial charge on any atom is 0.356 e. The van der Waals surface area contributed by atoms with Crippen molar-refractivity contribution >= 4 is 39.2 Å². The van der Waals surface area contributed by atoms with Crippen LogP contribution in [0, 0.1) is 17.5 Å². The van der Waals surface area contributed by atoms with Gasteiger partial charge >= 0.3 is 5.97 Å². The van der Waals surface area contributed by atoms with Crippen molar-refractivity contribution in [2.75, 3.05) is 5.73 Å². The van der Waals surface area contributed by atoms with Crippen molar-refractivity contribution in [3.63, 3.8) is 0 Å². The molecule has 110 valence electrons. The van der Waals surface area contributed by atoms with Crippen LogP contribution in [0.15, 0.2) is 16.6 Å². The van der Waals surface area contributed by atoms with Crippen LogP contribution < -0.4 is 5.73 Å². The standard InChI is InChI=1S/C12H5BrClF3N2O2/c13-3-1-4(15)7(10(17)9(3)16)6-2-5(18)8(14)11(19-6)12(20)21/h1-2H,(H2,18,19)(H,20,21). The van der Waals surface area contributed by atoms with Crippen molar-refractivity contribution < 1.29 is 23.1 Å². The molecule has 9 heteroatoms. The van der Waals surface area contributed by atoms with Crippen molar-refractivity contribution in [1.82, 2.24) is 4.98 Å². The Morgan fingerprint density at radius 1 is 1.29 bits per heavy atom. The summed E-state index contributed by atoms with van der Waals surface area (Å²) >= 11 is 8.30. The Balaban J connectivity index is 2.80. The molecule has 0 aliphatic heterocycles. The smallest absolute Gasteiger partial charge is 0.356 e. The second-order valence-electron chi connectivity index (χ2n) is 3.91. The SMILES string of the molecule is Nc1cc(-c2c(F)cc(Br)c(F)c2F)nc(C(=O)O)c1Cl. The van der Waals surface area contributed by atoms with E-state index >= 15 is 0 Å². The predicted molar refractivity (Wildman–Crippen MR) is 73.6 cm³/mol. The molecule has 1 aromatic carbocycles. The van der Waals surface area contributed by atoms with Gasteiger partial charge in [-0.05, 0) is 28.1 Å². The Morgan fingerprint density at radius 3 is 2.48 bits per heavy atom. The van der Waals surface area contributed by atoms with Gasteiger partial charge in [-0.25, -0.2) is 22.9 Å². The number of anilines is 1. The van der Waals surface area contributed by atoms with Gasteiger partial charge in [-0.1, -0.05) is 11.6 Å². The first-order valence-electron chi connectivity index (χ1n) is 5.26. The number of carboxylic acids is 1. The summed E-state index contributed by atoms with van der Waals surface area (Å²) in [7, 11) is 0. The molecule has 0 fully saturated rings. The minimum Gasteiger partial charge on any atom is -0.476 e. The second-order valence-corrected chi connectivity index (χ2v) is 5.14. The molecule has 1 aromatic heterocycles. The zero-order chi connectivity index (χ0) is 15.9. The summed E-state index contributed by atoms with van der Waals surface area (Å²) in [5.74, 6) is -5.52. The first kappa shape index (κ1) is 15.6. The zero-order valence-corrected chi connectivity index (χ0v) is 12.3. The molecule has 2 aromatic rings. The van der Waals surface area contributed by atoms with Crippen LogP contribution in [-0.4, -0.2) is 16.1 Å². The van der Waals surface area contributed by atoms with E-state index in [9.17, 15) is 18.0 Å². The monoisotopic (exact) mass is 380 g/mol. The lowest BCUT2D eigenvalue weighted by Gasteiger charge is -2.10. The summed E-state index contributed by atoms with van der Waals surface area (Å²) in [5.41, 5.74) is 3.24. The third kappa shape index (κ3) is 2.68. The van der Waals surface area contributed by atoms with Crippen molar-refractivity contribution in [1.29, 1.82) is 0 Å². The van der Waals surface area contributed by atoms with Gasteiger partial charge in [-0.15, -0.1) is 0 Å². The zero-order valence-electron chi connectivity index (χ0n) is 9.92. The molecule has 0 unspecified atom stereocenters. The van der Waals surface area contributed by atoms with Gasteiger partial charge in [-0.3, -0.25) is 0 Å². The summed E-state index contributed by atoms with van der Waals surface area (Å²) in [6, 6.07) is 1.66. The number of aromatic nitrogens is 1. The number of aromatic carboxylic acids is 1. The number of carboxylic acid groups (broad SMARTS) is 1. The summed E-state index contributed by atoms with van der Waals surface area (Å²) < 4.78 is 40.8. The Kier molecular flexibility index (Phi) is 4.11. The van der Waals surface area contributed by atoms with Gasteiger partial charge in [0.2, 0.25) is 0 Å². The van der Waals surface area contributed by atoms with Crippen molar-refractivity contribution in [2.24, 2.45) is 0 Å². The molecular formula is C12H5BrClF3N2O2. The number of halogens is 5. The fraction of sp³-hybridized carbons (Fsp3) is 0. The number of carbonyl (C=O) groups is 1. The van der Waals surface area contributed by atoms with Gasteiger partial charge in [0.05, 0.1) is 26.4 Å². The molecule has 0 radical (unpaired) electrons. The highest BCUT2D eigenvalue weighted by Crippen LogP contribution is 2.34. The topological polar surface area (TPSA) is 76.2 Å². The largest absolute Gasteiger partial charge is 0.476 e. The van der Waals surface area contributed by atoms with Crippen LogP contribution >= 0.6 is 27.5 Å². The van der Waals surface area contributed by atoms with Gasteiger partial charge in [0.15, 0.2) is 17.3 Å². The Morgan fingerprint density at radius 2 is 1.90 bits per heavy atom. The highest BCUT2D eigenvalue weighted by molar-refractivity contribution is 9.10. The Bertz CT molecular complexity index is 771. The van der Waals surface area contributed by atoms with Crippen molar-refractivity contribution in [3.8, 4) is 11.3 Å². The van der Waals surface area contributed by atoms with E-state index in [0.29, 0.717) is 6.07 Å². The lowest BCUT2D eigenvalue weighted by molar-refractivity contribution is 0.0691. The summed E-state index contributed by atoms with van der Waals surface area (Å²) in [5, 5.41) is 8.56. The van der Waals surface area contributed by atoms with Gasteiger partial charge < -0.3 is 10.8 Å². The number of nitrogens with zero attached hydrogens (tertiary/aromatic N) is 1. The molecule has 0 saturated heterocycles. The minimum atomic E-state index is -1.54. The van der Waals surface area contributed by atoms with Gasteiger partial charge in [0.1, 0.15) is 5.82 Å². The number of nitrogen functional groups attached to an aromatic ring is 1. The molecule has 0 amide bonds. The summed E-state index contributed by atoms with van der Waals surface area (Å²) in [6.45, 7) is 0. The number of hydrogen-bond acceptors (Lipinski definition) is 3. The Hall–Kier alpha value is -1.80. The third-order valence-electron chi connectivity index (χ3n) is 2.56. The van der Waals surface area contributed by atoms with Crippen LogP contribution in [0.1, 0.15) is 10.5 Å². The van der Waals surface area contributed by atoms with Crippen LogP contribution in [0.4, 0.5) is 18.9 Å². The number of benzene rings is 1. The van der Waals surface area contributed by atoms with E-state index in [4.69, 9.17) is 22.4 Å². The highest BCUT2D eigenvalue weighted by atomic mass is 79.9. The molecule has 1 heterocycles. The lowest BCUT2D eigenvalue weighted by Crippen LogP contribution is -2.07. The Labute approximate surface area is 129 Å². The maximum absolute atomic E-state index is 13.9. The molecule has 21 heavy (non-hydrogen) atoms. The maximum atomic E-state index is 13.9.